The van der Waals surface area contributed by atoms with Gasteiger partial charge in [-0.15, -0.1) is 0 Å². The third-order valence-corrected chi connectivity index (χ3v) is 5.17. The van der Waals surface area contributed by atoms with Gasteiger partial charge < -0.3 is 0 Å². The fourth-order valence-corrected chi connectivity index (χ4v) is 2.17. The van der Waals surface area contributed by atoms with Crippen molar-refractivity contribution in [3.05, 3.63) is 33.8 Å². The van der Waals surface area contributed by atoms with Crippen molar-refractivity contribution < 1.29 is 0 Å². The second-order valence-electron chi connectivity index (χ2n) is 4.15. The SMILES string of the molecule is CC(C)C(Br)C(C)c1ccc(Cl)c(Cl)c1. The lowest BCUT2D eigenvalue weighted by Gasteiger charge is -2.22. The molecule has 0 heterocycles. The summed E-state index contributed by atoms with van der Waals surface area (Å²) in [5, 5.41) is 1.24. The van der Waals surface area contributed by atoms with Gasteiger partial charge in [0.15, 0.2) is 0 Å². The van der Waals surface area contributed by atoms with Gasteiger partial charge >= 0.3 is 0 Å². The first kappa shape index (κ1) is 13.3. The number of alkyl halides is 1. The quantitative estimate of drug-likeness (QED) is 0.645. The van der Waals surface area contributed by atoms with Gasteiger partial charge in [0.05, 0.1) is 10.0 Å². The van der Waals surface area contributed by atoms with Crippen molar-refractivity contribution in [2.45, 2.75) is 31.5 Å². The van der Waals surface area contributed by atoms with E-state index in [2.05, 4.69) is 36.7 Å². The molecule has 84 valence electrons. The second-order valence-corrected chi connectivity index (χ2v) is 6.02. The number of hydrogen-bond acceptors (Lipinski definition) is 0. The van der Waals surface area contributed by atoms with Crippen LogP contribution in [0.4, 0.5) is 0 Å². The molecular formula is C12H15BrCl2. The zero-order valence-electron chi connectivity index (χ0n) is 9.10. The molecule has 0 spiro atoms. The molecular weight excluding hydrogens is 295 g/mol. The Hall–Kier alpha value is 0.280. The standard InChI is InChI=1S/C12H15BrCl2/c1-7(2)12(13)8(3)9-4-5-10(14)11(15)6-9/h4-8,12H,1-3H3. The first-order chi connectivity index (χ1) is 6.93. The Morgan fingerprint density at radius 2 is 1.67 bits per heavy atom. The van der Waals surface area contributed by atoms with Crippen LogP contribution in [0.15, 0.2) is 18.2 Å². The number of halogens is 3. The van der Waals surface area contributed by atoms with E-state index >= 15 is 0 Å². The van der Waals surface area contributed by atoms with Crippen LogP contribution >= 0.6 is 39.1 Å². The van der Waals surface area contributed by atoms with Gasteiger partial charge in [-0.25, -0.2) is 0 Å². The first-order valence-corrected chi connectivity index (χ1v) is 6.69. The lowest BCUT2D eigenvalue weighted by atomic mass is 9.92. The highest BCUT2D eigenvalue weighted by atomic mass is 79.9. The third kappa shape index (κ3) is 3.37. The molecule has 0 fully saturated rings. The normalized spacial score (nSPS) is 15.4. The summed E-state index contributed by atoms with van der Waals surface area (Å²) < 4.78 is 0. The van der Waals surface area contributed by atoms with E-state index in [4.69, 9.17) is 23.2 Å². The average molecular weight is 310 g/mol. The summed E-state index contributed by atoms with van der Waals surface area (Å²) in [6.45, 7) is 6.60. The van der Waals surface area contributed by atoms with Gasteiger partial charge in [0.25, 0.3) is 0 Å². The van der Waals surface area contributed by atoms with Crippen LogP contribution in [0, 0.1) is 5.92 Å². The molecule has 0 aliphatic carbocycles. The third-order valence-electron chi connectivity index (χ3n) is 2.58. The monoisotopic (exact) mass is 308 g/mol. The molecule has 0 saturated heterocycles. The topological polar surface area (TPSA) is 0 Å². The summed E-state index contributed by atoms with van der Waals surface area (Å²) in [7, 11) is 0. The van der Waals surface area contributed by atoms with E-state index < -0.39 is 0 Å². The Balaban J connectivity index is 2.91. The predicted molar refractivity (Wildman–Crippen MR) is 72.4 cm³/mol. The van der Waals surface area contributed by atoms with Gasteiger partial charge in [0.1, 0.15) is 0 Å². The highest BCUT2D eigenvalue weighted by Crippen LogP contribution is 2.33. The summed E-state index contributed by atoms with van der Waals surface area (Å²) in [5.74, 6) is 1.02. The fraction of sp³-hybridized carbons (Fsp3) is 0.500. The van der Waals surface area contributed by atoms with Crippen LogP contribution in [0.5, 0.6) is 0 Å². The first-order valence-electron chi connectivity index (χ1n) is 5.02. The molecule has 2 unspecified atom stereocenters. The van der Waals surface area contributed by atoms with Crippen LogP contribution in [-0.2, 0) is 0 Å². The van der Waals surface area contributed by atoms with Gasteiger partial charge in [-0.1, -0.05) is 66.0 Å². The minimum atomic E-state index is 0.430. The maximum Gasteiger partial charge on any atom is 0.0595 e. The molecule has 0 N–H and O–H groups in total. The van der Waals surface area contributed by atoms with Crippen LogP contribution in [0.25, 0.3) is 0 Å². The van der Waals surface area contributed by atoms with Crippen molar-refractivity contribution in [3.63, 3.8) is 0 Å². The zero-order chi connectivity index (χ0) is 11.6. The van der Waals surface area contributed by atoms with Crippen molar-refractivity contribution in [1.29, 1.82) is 0 Å². The van der Waals surface area contributed by atoms with E-state index in [0.29, 0.717) is 26.7 Å². The molecule has 0 aliphatic rings. The zero-order valence-corrected chi connectivity index (χ0v) is 12.2. The van der Waals surface area contributed by atoms with Crippen molar-refractivity contribution >= 4 is 39.1 Å². The number of hydrogen-bond donors (Lipinski definition) is 0. The minimum absolute atomic E-state index is 0.430. The molecule has 1 aromatic rings. The van der Waals surface area contributed by atoms with Crippen molar-refractivity contribution in [2.75, 3.05) is 0 Å². The van der Waals surface area contributed by atoms with Crippen LogP contribution in [0.2, 0.25) is 10.0 Å². The molecule has 15 heavy (non-hydrogen) atoms. The smallest absolute Gasteiger partial charge is 0.0595 e. The molecule has 2 atom stereocenters. The second kappa shape index (κ2) is 5.56. The Kier molecular flexibility index (Phi) is 4.95. The molecule has 3 heteroatoms. The lowest BCUT2D eigenvalue weighted by molar-refractivity contribution is 0.550. The summed E-state index contributed by atoms with van der Waals surface area (Å²) in [6.07, 6.45) is 0. The van der Waals surface area contributed by atoms with Gasteiger partial charge in [-0.3, -0.25) is 0 Å². The predicted octanol–water partition coefficient (Wildman–Crippen LogP) is 5.52. The summed E-state index contributed by atoms with van der Waals surface area (Å²) >= 11 is 15.6. The van der Waals surface area contributed by atoms with Crippen molar-refractivity contribution in [2.24, 2.45) is 5.92 Å². The average Bonchev–Trinajstić information content (AvgIpc) is 2.19. The van der Waals surface area contributed by atoms with E-state index in [1.165, 1.54) is 5.56 Å². The number of rotatable bonds is 3. The minimum Gasteiger partial charge on any atom is -0.0881 e. The molecule has 0 radical (unpaired) electrons. The summed E-state index contributed by atoms with van der Waals surface area (Å²) in [4.78, 5) is 0.453. The van der Waals surface area contributed by atoms with E-state index in [9.17, 15) is 0 Å². The molecule has 0 bridgehead atoms. The van der Waals surface area contributed by atoms with Gasteiger partial charge in [-0.05, 0) is 29.5 Å². The lowest BCUT2D eigenvalue weighted by Crippen LogP contribution is -2.15. The maximum atomic E-state index is 5.99. The van der Waals surface area contributed by atoms with E-state index in [0.717, 1.165) is 0 Å². The van der Waals surface area contributed by atoms with Gasteiger partial charge in [0, 0.05) is 4.83 Å². The van der Waals surface area contributed by atoms with Crippen molar-refractivity contribution in [3.8, 4) is 0 Å². The van der Waals surface area contributed by atoms with Crippen molar-refractivity contribution in [1.82, 2.24) is 0 Å². The van der Waals surface area contributed by atoms with E-state index in [1.54, 1.807) is 0 Å². The van der Waals surface area contributed by atoms with Gasteiger partial charge in [0.2, 0.25) is 0 Å². The van der Waals surface area contributed by atoms with Crippen LogP contribution in [-0.4, -0.2) is 4.83 Å². The summed E-state index contributed by atoms with van der Waals surface area (Å²) in [5.41, 5.74) is 1.22. The Labute approximate surface area is 110 Å². The van der Waals surface area contributed by atoms with E-state index in [-0.39, 0.29) is 0 Å². The largest absolute Gasteiger partial charge is 0.0881 e. The Bertz CT molecular complexity index is 336. The highest BCUT2D eigenvalue weighted by molar-refractivity contribution is 9.09. The molecule has 0 amide bonds. The molecule has 0 nitrogen and oxygen atoms in total. The summed E-state index contributed by atoms with van der Waals surface area (Å²) in [6, 6.07) is 5.84. The van der Waals surface area contributed by atoms with Crippen LogP contribution < -0.4 is 0 Å². The molecule has 0 aliphatic heterocycles. The molecule has 1 aromatic carbocycles. The Morgan fingerprint density at radius 3 is 2.13 bits per heavy atom. The van der Waals surface area contributed by atoms with Crippen LogP contribution in [0.3, 0.4) is 0 Å². The van der Waals surface area contributed by atoms with Crippen LogP contribution in [0.1, 0.15) is 32.3 Å². The maximum absolute atomic E-state index is 5.99. The van der Waals surface area contributed by atoms with Gasteiger partial charge in [-0.2, -0.15) is 0 Å². The molecule has 0 aromatic heterocycles. The molecule has 1 rings (SSSR count). The Morgan fingerprint density at radius 1 is 1.07 bits per heavy atom. The highest BCUT2D eigenvalue weighted by Gasteiger charge is 2.19. The fourth-order valence-electron chi connectivity index (χ4n) is 1.56. The molecule has 0 saturated carbocycles. The number of benzene rings is 1. The van der Waals surface area contributed by atoms with E-state index in [1.807, 2.05) is 18.2 Å².